The number of Topliss-reactive ketones (excluding diaryl/α,β-unsaturated/α-hetero) is 1. The molecule has 1 atom stereocenters. The fourth-order valence-electron chi connectivity index (χ4n) is 2.87. The molecule has 1 aromatic carbocycles. The second-order valence-electron chi connectivity index (χ2n) is 5.83. The van der Waals surface area contributed by atoms with E-state index in [4.69, 9.17) is 0 Å². The molecule has 0 saturated heterocycles. The molecule has 3 N–H and O–H groups in total. The van der Waals surface area contributed by atoms with Gasteiger partial charge in [0.25, 0.3) is 0 Å². The number of hydrogen-bond donors (Lipinski definition) is 2. The SMILES string of the molecule is CC(=O)CC1c2ccc(O)cc2CCC1(C)C.CN. The first-order valence-corrected chi connectivity index (χ1v) is 6.79. The molecule has 0 amide bonds. The molecule has 0 bridgehead atoms. The number of aryl methyl sites for hydroxylation is 1. The van der Waals surface area contributed by atoms with E-state index in [2.05, 4.69) is 19.6 Å². The lowest BCUT2D eigenvalue weighted by molar-refractivity contribution is -0.118. The molecule has 0 heterocycles. The van der Waals surface area contributed by atoms with Crippen LogP contribution in [-0.4, -0.2) is 17.9 Å². The van der Waals surface area contributed by atoms with Gasteiger partial charge in [0.05, 0.1) is 0 Å². The van der Waals surface area contributed by atoms with Crippen LogP contribution in [0.4, 0.5) is 0 Å². The normalized spacial score (nSPS) is 19.9. The van der Waals surface area contributed by atoms with Crippen molar-refractivity contribution in [1.29, 1.82) is 0 Å². The molecule has 0 radical (unpaired) electrons. The van der Waals surface area contributed by atoms with Gasteiger partial charge in [0.1, 0.15) is 11.5 Å². The monoisotopic (exact) mass is 263 g/mol. The number of phenolic OH excluding ortho intramolecular Hbond substituents is 1. The minimum absolute atomic E-state index is 0.162. The van der Waals surface area contributed by atoms with Crippen molar-refractivity contribution < 1.29 is 9.90 Å². The van der Waals surface area contributed by atoms with Crippen LogP contribution in [0, 0.1) is 5.41 Å². The maximum absolute atomic E-state index is 11.4. The van der Waals surface area contributed by atoms with Crippen molar-refractivity contribution in [2.45, 2.75) is 46.0 Å². The standard InChI is InChI=1S/C15H20O2.CH5N/c1-10(16)8-14-13-5-4-12(17)9-11(13)6-7-15(14,2)3;1-2/h4-5,9,14,17H,6-8H2,1-3H3;2H2,1H3. The van der Waals surface area contributed by atoms with Crippen LogP contribution in [0.25, 0.3) is 0 Å². The number of rotatable bonds is 2. The number of carbonyl (C=O) groups is 1. The third-order valence-electron chi connectivity index (χ3n) is 3.98. The van der Waals surface area contributed by atoms with Crippen LogP contribution in [0.2, 0.25) is 0 Å². The van der Waals surface area contributed by atoms with E-state index in [0.717, 1.165) is 12.8 Å². The summed E-state index contributed by atoms with van der Waals surface area (Å²) in [6, 6.07) is 5.56. The first kappa shape index (κ1) is 15.7. The van der Waals surface area contributed by atoms with Crippen molar-refractivity contribution >= 4 is 5.78 Å². The number of phenols is 1. The number of benzene rings is 1. The molecular formula is C16H25NO2. The summed E-state index contributed by atoms with van der Waals surface area (Å²) >= 11 is 0. The zero-order chi connectivity index (χ0) is 14.6. The largest absolute Gasteiger partial charge is 0.508 e. The highest BCUT2D eigenvalue weighted by molar-refractivity contribution is 5.76. The highest BCUT2D eigenvalue weighted by Crippen LogP contribution is 2.47. The fraction of sp³-hybridized carbons (Fsp3) is 0.562. The van der Waals surface area contributed by atoms with Gasteiger partial charge < -0.3 is 15.6 Å². The summed E-state index contributed by atoms with van der Waals surface area (Å²) in [5.41, 5.74) is 7.11. The molecule has 19 heavy (non-hydrogen) atoms. The van der Waals surface area contributed by atoms with Crippen LogP contribution < -0.4 is 5.73 Å². The van der Waals surface area contributed by atoms with Gasteiger partial charge in [-0.25, -0.2) is 0 Å². The topological polar surface area (TPSA) is 63.3 Å². The zero-order valence-corrected chi connectivity index (χ0v) is 12.4. The summed E-state index contributed by atoms with van der Waals surface area (Å²) in [7, 11) is 1.50. The van der Waals surface area contributed by atoms with Gasteiger partial charge in [-0.15, -0.1) is 0 Å². The molecule has 0 aromatic heterocycles. The van der Waals surface area contributed by atoms with Crippen LogP contribution in [-0.2, 0) is 11.2 Å². The predicted octanol–water partition coefficient (Wildman–Crippen LogP) is 3.00. The summed E-state index contributed by atoms with van der Waals surface area (Å²) < 4.78 is 0. The fourth-order valence-corrected chi connectivity index (χ4v) is 2.87. The molecule has 0 saturated carbocycles. The molecule has 1 aliphatic carbocycles. The van der Waals surface area contributed by atoms with Gasteiger partial charge in [0.2, 0.25) is 0 Å². The predicted molar refractivity (Wildman–Crippen MR) is 78.4 cm³/mol. The van der Waals surface area contributed by atoms with Gasteiger partial charge in [-0.3, -0.25) is 0 Å². The highest BCUT2D eigenvalue weighted by atomic mass is 16.3. The van der Waals surface area contributed by atoms with E-state index in [1.807, 2.05) is 12.1 Å². The Labute approximate surface area is 115 Å². The summed E-state index contributed by atoms with van der Waals surface area (Å²) in [5.74, 6) is 0.846. The third-order valence-corrected chi connectivity index (χ3v) is 3.98. The first-order chi connectivity index (χ1) is 8.90. The Kier molecular flexibility index (Phi) is 5.12. The van der Waals surface area contributed by atoms with Crippen LogP contribution >= 0.6 is 0 Å². The van der Waals surface area contributed by atoms with Crippen LogP contribution in [0.15, 0.2) is 18.2 Å². The lowest BCUT2D eigenvalue weighted by Gasteiger charge is -2.40. The average molecular weight is 263 g/mol. The van der Waals surface area contributed by atoms with E-state index in [1.165, 1.54) is 18.2 Å². The molecule has 2 rings (SSSR count). The average Bonchev–Trinajstić information content (AvgIpc) is 2.35. The molecule has 3 nitrogen and oxygen atoms in total. The Morgan fingerprint density at radius 1 is 1.42 bits per heavy atom. The smallest absolute Gasteiger partial charge is 0.130 e. The van der Waals surface area contributed by atoms with Gasteiger partial charge in [-0.1, -0.05) is 19.9 Å². The van der Waals surface area contributed by atoms with Gasteiger partial charge in [0, 0.05) is 6.42 Å². The Bertz CT molecular complexity index is 452. The van der Waals surface area contributed by atoms with Gasteiger partial charge >= 0.3 is 0 Å². The molecule has 3 heteroatoms. The quantitative estimate of drug-likeness (QED) is 0.862. The van der Waals surface area contributed by atoms with Crippen molar-refractivity contribution in [1.82, 2.24) is 0 Å². The van der Waals surface area contributed by atoms with Crippen LogP contribution in [0.5, 0.6) is 5.75 Å². The number of fused-ring (bicyclic) bond motifs is 1. The molecule has 0 spiro atoms. The number of aromatic hydroxyl groups is 1. The number of hydrogen-bond acceptors (Lipinski definition) is 3. The molecule has 1 aromatic rings. The minimum atomic E-state index is 0.162. The van der Waals surface area contributed by atoms with E-state index < -0.39 is 0 Å². The summed E-state index contributed by atoms with van der Waals surface area (Å²) in [4.78, 5) is 11.4. The van der Waals surface area contributed by atoms with Crippen molar-refractivity contribution in [3.63, 3.8) is 0 Å². The van der Waals surface area contributed by atoms with E-state index in [0.29, 0.717) is 12.2 Å². The Morgan fingerprint density at radius 3 is 2.63 bits per heavy atom. The van der Waals surface area contributed by atoms with E-state index >= 15 is 0 Å². The summed E-state index contributed by atoms with van der Waals surface area (Å²) in [5, 5.41) is 9.52. The number of carbonyl (C=O) groups excluding carboxylic acids is 1. The molecule has 1 unspecified atom stereocenters. The van der Waals surface area contributed by atoms with Crippen LogP contribution in [0.3, 0.4) is 0 Å². The summed E-state index contributed by atoms with van der Waals surface area (Å²) in [6.07, 6.45) is 2.66. The molecule has 0 fully saturated rings. The lowest BCUT2D eigenvalue weighted by Crippen LogP contribution is -2.29. The maximum atomic E-state index is 11.4. The number of ketones is 1. The maximum Gasteiger partial charge on any atom is 0.130 e. The van der Waals surface area contributed by atoms with Crippen LogP contribution in [0.1, 0.15) is 50.7 Å². The van der Waals surface area contributed by atoms with Gasteiger partial charge in [-0.05, 0) is 61.4 Å². The minimum Gasteiger partial charge on any atom is -0.508 e. The van der Waals surface area contributed by atoms with Crippen molar-refractivity contribution in [2.75, 3.05) is 7.05 Å². The second kappa shape index (κ2) is 6.20. The summed E-state index contributed by atoms with van der Waals surface area (Å²) in [6.45, 7) is 6.12. The first-order valence-electron chi connectivity index (χ1n) is 6.79. The molecule has 106 valence electrons. The second-order valence-corrected chi connectivity index (χ2v) is 5.83. The molecular weight excluding hydrogens is 238 g/mol. The molecule has 0 aliphatic heterocycles. The Balaban J connectivity index is 0.000000861. The van der Waals surface area contributed by atoms with Crippen molar-refractivity contribution in [3.8, 4) is 5.75 Å². The van der Waals surface area contributed by atoms with Crippen molar-refractivity contribution in [3.05, 3.63) is 29.3 Å². The van der Waals surface area contributed by atoms with Gasteiger partial charge in [0.15, 0.2) is 0 Å². The van der Waals surface area contributed by atoms with E-state index in [9.17, 15) is 9.90 Å². The third kappa shape index (κ3) is 3.57. The lowest BCUT2D eigenvalue weighted by atomic mass is 9.64. The highest BCUT2D eigenvalue weighted by Gasteiger charge is 2.36. The van der Waals surface area contributed by atoms with E-state index in [1.54, 1.807) is 13.0 Å². The van der Waals surface area contributed by atoms with Crippen molar-refractivity contribution in [2.24, 2.45) is 11.1 Å². The number of nitrogens with two attached hydrogens (primary N) is 1. The van der Waals surface area contributed by atoms with Gasteiger partial charge in [-0.2, -0.15) is 0 Å². The molecule has 1 aliphatic rings. The Hall–Kier alpha value is -1.35. The Morgan fingerprint density at radius 2 is 2.05 bits per heavy atom. The zero-order valence-electron chi connectivity index (χ0n) is 12.4. The van der Waals surface area contributed by atoms with E-state index in [-0.39, 0.29) is 17.1 Å².